The molecule has 0 saturated carbocycles. The molecule has 2 rings (SSSR count). The molecule has 0 spiro atoms. The highest BCUT2D eigenvalue weighted by molar-refractivity contribution is 7.90. The molecule has 0 aromatic carbocycles. The second kappa shape index (κ2) is 4.66. The first-order valence-corrected chi connectivity index (χ1v) is 7.19. The first-order valence-electron chi connectivity index (χ1n) is 5.75. The number of nitrogens with one attached hydrogen (secondary N) is 1. The molecule has 0 bridgehead atoms. The molecule has 17 heavy (non-hydrogen) atoms. The van der Waals surface area contributed by atoms with Crippen LogP contribution >= 0.6 is 0 Å². The molecular weight excluding hydrogens is 240 g/mol. The minimum Gasteiger partial charge on any atom is -0.274 e. The van der Waals surface area contributed by atoms with Crippen LogP contribution < -0.4 is 4.72 Å². The third kappa shape index (κ3) is 2.98. The second-order valence-electron chi connectivity index (χ2n) is 4.59. The highest BCUT2D eigenvalue weighted by Crippen LogP contribution is 2.19. The standard InChI is InChI=1S/C10H18N4O2S/c1-9-4-3-6-14(8-9)17(15,16)12-10-5-7-13(2)11-10/h5,7,9H,3-4,6,8H2,1-2H3,(H,11,12)/t9-/m1/s1. The van der Waals surface area contributed by atoms with Crippen molar-refractivity contribution in [3.63, 3.8) is 0 Å². The largest absolute Gasteiger partial charge is 0.302 e. The fourth-order valence-corrected chi connectivity index (χ4v) is 3.35. The fraction of sp³-hybridized carbons (Fsp3) is 0.700. The summed E-state index contributed by atoms with van der Waals surface area (Å²) in [7, 11) is -1.70. The maximum absolute atomic E-state index is 12.1. The summed E-state index contributed by atoms with van der Waals surface area (Å²) in [5, 5.41) is 4.01. The van der Waals surface area contributed by atoms with Crippen LogP contribution in [0.2, 0.25) is 0 Å². The molecule has 1 aromatic heterocycles. The van der Waals surface area contributed by atoms with Crippen molar-refractivity contribution in [1.82, 2.24) is 14.1 Å². The molecular formula is C10H18N4O2S. The van der Waals surface area contributed by atoms with Gasteiger partial charge in [0.1, 0.15) is 0 Å². The van der Waals surface area contributed by atoms with Gasteiger partial charge in [0.15, 0.2) is 5.82 Å². The molecule has 1 aliphatic rings. The van der Waals surface area contributed by atoms with Crippen LogP contribution in [0.4, 0.5) is 5.82 Å². The van der Waals surface area contributed by atoms with Crippen molar-refractivity contribution in [2.45, 2.75) is 19.8 Å². The Hall–Kier alpha value is -1.08. The van der Waals surface area contributed by atoms with E-state index in [1.165, 1.54) is 4.31 Å². The summed E-state index contributed by atoms with van der Waals surface area (Å²) in [6.07, 6.45) is 3.72. The van der Waals surface area contributed by atoms with Crippen LogP contribution in [0.1, 0.15) is 19.8 Å². The lowest BCUT2D eigenvalue weighted by Crippen LogP contribution is -2.42. The number of aromatic nitrogens is 2. The number of hydrogen-bond acceptors (Lipinski definition) is 3. The lowest BCUT2D eigenvalue weighted by molar-refractivity contribution is 0.282. The van der Waals surface area contributed by atoms with E-state index in [1.807, 2.05) is 0 Å². The highest BCUT2D eigenvalue weighted by Gasteiger charge is 2.27. The minimum absolute atomic E-state index is 0.366. The van der Waals surface area contributed by atoms with Gasteiger partial charge < -0.3 is 0 Å². The van der Waals surface area contributed by atoms with Crippen molar-refractivity contribution in [2.75, 3.05) is 17.8 Å². The number of rotatable bonds is 3. The van der Waals surface area contributed by atoms with E-state index in [4.69, 9.17) is 0 Å². The molecule has 0 amide bonds. The molecule has 7 heteroatoms. The summed E-state index contributed by atoms with van der Waals surface area (Å²) < 4.78 is 29.7. The first kappa shape index (κ1) is 12.4. The minimum atomic E-state index is -3.45. The summed E-state index contributed by atoms with van der Waals surface area (Å²) in [4.78, 5) is 0. The van der Waals surface area contributed by atoms with Crippen molar-refractivity contribution >= 4 is 16.0 Å². The normalized spacial score (nSPS) is 22.6. The average molecular weight is 258 g/mol. The summed E-state index contributed by atoms with van der Waals surface area (Å²) in [6.45, 7) is 3.25. The van der Waals surface area contributed by atoms with Gasteiger partial charge in [-0.2, -0.15) is 17.8 Å². The lowest BCUT2D eigenvalue weighted by atomic mass is 10.0. The molecule has 1 aromatic rings. The van der Waals surface area contributed by atoms with Crippen molar-refractivity contribution in [3.8, 4) is 0 Å². The van der Waals surface area contributed by atoms with E-state index < -0.39 is 10.2 Å². The van der Waals surface area contributed by atoms with E-state index in [1.54, 1.807) is 24.0 Å². The number of aryl methyl sites for hydroxylation is 1. The number of nitrogens with zero attached hydrogens (tertiary/aromatic N) is 3. The van der Waals surface area contributed by atoms with Crippen LogP contribution in [0.15, 0.2) is 12.3 Å². The molecule has 0 unspecified atom stereocenters. The lowest BCUT2D eigenvalue weighted by Gasteiger charge is -2.29. The molecule has 6 nitrogen and oxygen atoms in total. The van der Waals surface area contributed by atoms with Gasteiger partial charge in [0.25, 0.3) is 0 Å². The maximum atomic E-state index is 12.1. The van der Waals surface area contributed by atoms with Crippen LogP contribution in [-0.2, 0) is 17.3 Å². The van der Waals surface area contributed by atoms with Gasteiger partial charge in [-0.3, -0.25) is 9.40 Å². The Morgan fingerprint density at radius 1 is 1.53 bits per heavy atom. The smallest absolute Gasteiger partial charge is 0.274 e. The Labute approximate surface area is 102 Å². The molecule has 0 radical (unpaired) electrons. The van der Waals surface area contributed by atoms with Crippen LogP contribution in [0.25, 0.3) is 0 Å². The van der Waals surface area contributed by atoms with E-state index >= 15 is 0 Å². The molecule has 1 saturated heterocycles. The van der Waals surface area contributed by atoms with Gasteiger partial charge in [-0.05, 0) is 18.8 Å². The van der Waals surface area contributed by atoms with Crippen molar-refractivity contribution in [1.29, 1.82) is 0 Å². The van der Waals surface area contributed by atoms with Crippen molar-refractivity contribution in [3.05, 3.63) is 12.3 Å². The molecule has 1 aliphatic heterocycles. The summed E-state index contributed by atoms with van der Waals surface area (Å²) in [6, 6.07) is 1.64. The van der Waals surface area contributed by atoms with Crippen LogP contribution in [0.5, 0.6) is 0 Å². The predicted molar refractivity (Wildman–Crippen MR) is 65.7 cm³/mol. The molecule has 2 heterocycles. The van der Waals surface area contributed by atoms with Crippen molar-refractivity contribution in [2.24, 2.45) is 13.0 Å². The van der Waals surface area contributed by atoms with Gasteiger partial charge in [0.2, 0.25) is 0 Å². The van der Waals surface area contributed by atoms with Gasteiger partial charge in [0.05, 0.1) is 0 Å². The Balaban J connectivity index is 2.08. The van der Waals surface area contributed by atoms with Crippen LogP contribution in [-0.4, -0.2) is 35.6 Å². The monoisotopic (exact) mass is 258 g/mol. The van der Waals surface area contributed by atoms with E-state index in [9.17, 15) is 8.42 Å². The second-order valence-corrected chi connectivity index (χ2v) is 6.26. The van der Waals surface area contributed by atoms with Crippen LogP contribution in [0, 0.1) is 5.92 Å². The molecule has 1 atom stereocenters. The Morgan fingerprint density at radius 3 is 2.88 bits per heavy atom. The predicted octanol–water partition coefficient (Wildman–Crippen LogP) is 0.809. The number of hydrogen-bond donors (Lipinski definition) is 1. The summed E-state index contributed by atoms with van der Waals surface area (Å²) >= 11 is 0. The molecule has 1 fully saturated rings. The van der Waals surface area contributed by atoms with E-state index in [0.29, 0.717) is 24.8 Å². The quantitative estimate of drug-likeness (QED) is 0.872. The molecule has 0 aliphatic carbocycles. The van der Waals surface area contributed by atoms with Gasteiger partial charge >= 0.3 is 10.2 Å². The summed E-state index contributed by atoms with van der Waals surface area (Å²) in [5.41, 5.74) is 0. The fourth-order valence-electron chi connectivity index (χ4n) is 2.03. The van der Waals surface area contributed by atoms with Crippen LogP contribution in [0.3, 0.4) is 0 Å². The van der Waals surface area contributed by atoms with E-state index in [2.05, 4.69) is 16.7 Å². The average Bonchev–Trinajstić information content (AvgIpc) is 2.63. The zero-order valence-electron chi connectivity index (χ0n) is 10.1. The summed E-state index contributed by atoms with van der Waals surface area (Å²) in [5.74, 6) is 0.787. The SMILES string of the molecule is C[C@@H]1CCCN(S(=O)(=O)Nc2ccn(C)n2)C1. The topological polar surface area (TPSA) is 67.2 Å². The number of anilines is 1. The van der Waals surface area contributed by atoms with E-state index in [-0.39, 0.29) is 0 Å². The Kier molecular flexibility index (Phi) is 3.39. The zero-order chi connectivity index (χ0) is 12.5. The third-order valence-corrected chi connectivity index (χ3v) is 4.39. The van der Waals surface area contributed by atoms with Crippen molar-refractivity contribution < 1.29 is 8.42 Å². The zero-order valence-corrected chi connectivity index (χ0v) is 10.9. The third-order valence-electron chi connectivity index (χ3n) is 2.91. The Morgan fingerprint density at radius 2 is 2.29 bits per heavy atom. The Bertz CT molecular complexity index is 482. The molecule has 96 valence electrons. The van der Waals surface area contributed by atoms with Gasteiger partial charge in [-0.15, -0.1) is 0 Å². The first-order chi connectivity index (χ1) is 7.97. The van der Waals surface area contributed by atoms with Gasteiger partial charge in [0, 0.05) is 32.4 Å². The maximum Gasteiger partial charge on any atom is 0.302 e. The highest BCUT2D eigenvalue weighted by atomic mass is 32.2. The van der Waals surface area contributed by atoms with Gasteiger partial charge in [-0.1, -0.05) is 6.92 Å². The number of piperidine rings is 1. The molecule has 1 N–H and O–H groups in total. The van der Waals surface area contributed by atoms with E-state index in [0.717, 1.165) is 12.8 Å². The van der Waals surface area contributed by atoms with Gasteiger partial charge in [-0.25, -0.2) is 0 Å².